The summed E-state index contributed by atoms with van der Waals surface area (Å²) in [7, 11) is 1.64. The average molecular weight is 247 g/mol. The van der Waals surface area contributed by atoms with Crippen LogP contribution in [0.5, 0.6) is 0 Å². The molecule has 1 N–H and O–H groups in total. The fourth-order valence-electron chi connectivity index (χ4n) is 2.25. The number of rotatable bonds is 3. The molecule has 0 spiro atoms. The molecule has 0 radical (unpaired) electrons. The highest BCUT2D eigenvalue weighted by atomic mass is 16.7. The van der Waals surface area contributed by atoms with Crippen LogP contribution in [0.1, 0.15) is 34.1 Å². The first kappa shape index (κ1) is 13.4. The zero-order valence-corrected chi connectivity index (χ0v) is 11.9. The summed E-state index contributed by atoms with van der Waals surface area (Å²) >= 11 is 0. The third kappa shape index (κ3) is 2.15. The molecule has 1 aromatic carbocycles. The summed E-state index contributed by atoms with van der Waals surface area (Å²) < 4.78 is 12.2. The Morgan fingerprint density at radius 1 is 1.11 bits per heavy atom. The Bertz CT molecular complexity index is 418. The van der Waals surface area contributed by atoms with E-state index >= 15 is 0 Å². The molecule has 0 aromatic heterocycles. The number of nitrogens with one attached hydrogen (secondary N) is 1. The van der Waals surface area contributed by atoms with Gasteiger partial charge < -0.3 is 14.6 Å². The van der Waals surface area contributed by atoms with E-state index in [9.17, 15) is 0 Å². The van der Waals surface area contributed by atoms with E-state index in [1.807, 2.05) is 31.3 Å². The normalized spacial score (nSPS) is 26.4. The first-order chi connectivity index (χ1) is 8.42. The highest BCUT2D eigenvalue weighted by Crippen LogP contribution is 2.39. The Hall–Kier alpha value is -0.995. The molecule has 0 aliphatic carbocycles. The van der Waals surface area contributed by atoms with E-state index in [0.29, 0.717) is 0 Å². The SMILES string of the molecule is CCC1(C)OB(c2ccc(NC)cc2)OC1(C)C. The maximum atomic E-state index is 6.13. The molecule has 1 saturated heterocycles. The Morgan fingerprint density at radius 2 is 1.72 bits per heavy atom. The van der Waals surface area contributed by atoms with Crippen molar-refractivity contribution in [2.24, 2.45) is 0 Å². The maximum Gasteiger partial charge on any atom is 0.494 e. The van der Waals surface area contributed by atoms with Crippen LogP contribution < -0.4 is 10.8 Å². The fraction of sp³-hybridized carbons (Fsp3) is 0.571. The molecule has 1 aliphatic rings. The van der Waals surface area contributed by atoms with Gasteiger partial charge in [0.1, 0.15) is 0 Å². The second kappa shape index (κ2) is 4.59. The van der Waals surface area contributed by atoms with Crippen LogP contribution in [0.4, 0.5) is 5.69 Å². The quantitative estimate of drug-likeness (QED) is 0.832. The first-order valence-electron chi connectivity index (χ1n) is 6.55. The summed E-state index contributed by atoms with van der Waals surface area (Å²) in [5.74, 6) is 0. The lowest BCUT2D eigenvalue weighted by atomic mass is 9.79. The van der Waals surface area contributed by atoms with Crippen molar-refractivity contribution in [3.05, 3.63) is 24.3 Å². The summed E-state index contributed by atoms with van der Waals surface area (Å²) in [4.78, 5) is 0. The van der Waals surface area contributed by atoms with E-state index in [4.69, 9.17) is 9.31 Å². The molecule has 2 rings (SSSR count). The van der Waals surface area contributed by atoms with Crippen molar-refractivity contribution in [2.45, 2.75) is 45.3 Å². The smallest absolute Gasteiger partial charge is 0.399 e. The molecule has 18 heavy (non-hydrogen) atoms. The lowest BCUT2D eigenvalue weighted by molar-refractivity contribution is -0.0118. The van der Waals surface area contributed by atoms with E-state index in [2.05, 4.69) is 33.0 Å². The van der Waals surface area contributed by atoms with E-state index in [0.717, 1.165) is 17.6 Å². The van der Waals surface area contributed by atoms with Crippen LogP contribution in [0.2, 0.25) is 0 Å². The van der Waals surface area contributed by atoms with Gasteiger partial charge in [0.05, 0.1) is 11.2 Å². The molecule has 1 unspecified atom stereocenters. The zero-order valence-electron chi connectivity index (χ0n) is 11.9. The second-order valence-electron chi connectivity index (χ2n) is 5.53. The highest BCUT2D eigenvalue weighted by molar-refractivity contribution is 6.62. The first-order valence-corrected chi connectivity index (χ1v) is 6.55. The van der Waals surface area contributed by atoms with Gasteiger partial charge in [0.15, 0.2) is 0 Å². The summed E-state index contributed by atoms with van der Waals surface area (Å²) in [5, 5.41) is 3.11. The third-order valence-electron chi connectivity index (χ3n) is 4.19. The van der Waals surface area contributed by atoms with Crippen molar-refractivity contribution in [3.8, 4) is 0 Å². The minimum Gasteiger partial charge on any atom is -0.399 e. The van der Waals surface area contributed by atoms with Crippen molar-refractivity contribution < 1.29 is 9.31 Å². The third-order valence-corrected chi connectivity index (χ3v) is 4.19. The van der Waals surface area contributed by atoms with Gasteiger partial charge in [-0.2, -0.15) is 0 Å². The Balaban J connectivity index is 2.21. The molecule has 3 nitrogen and oxygen atoms in total. The molecule has 1 heterocycles. The number of hydrogen-bond donors (Lipinski definition) is 1. The molecule has 4 heteroatoms. The standard InChI is InChI=1S/C14H22BNO2/c1-6-14(4)13(2,3)17-15(18-14)11-7-9-12(16-5)10-8-11/h7-10,16H,6H2,1-5H3. The summed E-state index contributed by atoms with van der Waals surface area (Å²) in [6.45, 7) is 8.45. The number of hydrogen-bond acceptors (Lipinski definition) is 3. The van der Waals surface area contributed by atoms with Gasteiger partial charge in [0.25, 0.3) is 0 Å². The van der Waals surface area contributed by atoms with Crippen LogP contribution in [-0.2, 0) is 9.31 Å². The molecule has 1 aromatic rings. The highest BCUT2D eigenvalue weighted by Gasteiger charge is 2.53. The molecule has 98 valence electrons. The van der Waals surface area contributed by atoms with Crippen molar-refractivity contribution >= 4 is 18.3 Å². The lowest BCUT2D eigenvalue weighted by Gasteiger charge is -2.35. The van der Waals surface area contributed by atoms with E-state index < -0.39 is 0 Å². The topological polar surface area (TPSA) is 30.5 Å². The second-order valence-corrected chi connectivity index (χ2v) is 5.53. The molecule has 0 amide bonds. The van der Waals surface area contributed by atoms with Gasteiger partial charge in [0, 0.05) is 12.7 Å². The average Bonchev–Trinajstić information content (AvgIpc) is 2.61. The maximum absolute atomic E-state index is 6.13. The van der Waals surface area contributed by atoms with Crippen molar-refractivity contribution in [1.82, 2.24) is 0 Å². The van der Waals surface area contributed by atoms with E-state index in [-0.39, 0.29) is 18.3 Å². The predicted molar refractivity (Wildman–Crippen MR) is 76.3 cm³/mol. The van der Waals surface area contributed by atoms with Gasteiger partial charge in [-0.3, -0.25) is 0 Å². The van der Waals surface area contributed by atoms with Crippen molar-refractivity contribution in [1.29, 1.82) is 0 Å². The minimum atomic E-state index is -0.270. The van der Waals surface area contributed by atoms with Gasteiger partial charge in [0.2, 0.25) is 0 Å². The van der Waals surface area contributed by atoms with Gasteiger partial charge in [-0.1, -0.05) is 19.1 Å². The molecule has 1 fully saturated rings. The van der Waals surface area contributed by atoms with Gasteiger partial charge >= 0.3 is 7.12 Å². The molecule has 0 saturated carbocycles. The summed E-state index contributed by atoms with van der Waals surface area (Å²) in [5.41, 5.74) is 1.65. The van der Waals surface area contributed by atoms with Crippen LogP contribution in [0, 0.1) is 0 Å². The molecular weight excluding hydrogens is 225 g/mol. The van der Waals surface area contributed by atoms with Crippen LogP contribution in [0.3, 0.4) is 0 Å². The minimum absolute atomic E-state index is 0.237. The molecule has 0 bridgehead atoms. The van der Waals surface area contributed by atoms with Crippen LogP contribution in [0.25, 0.3) is 0 Å². The molecular formula is C14H22BNO2. The Kier molecular flexibility index (Phi) is 3.43. The molecule has 1 atom stereocenters. The largest absolute Gasteiger partial charge is 0.494 e. The number of anilines is 1. The van der Waals surface area contributed by atoms with Crippen LogP contribution >= 0.6 is 0 Å². The number of benzene rings is 1. The zero-order chi connectivity index (χ0) is 13.4. The van der Waals surface area contributed by atoms with Crippen LogP contribution in [-0.4, -0.2) is 25.4 Å². The molecule has 1 aliphatic heterocycles. The summed E-state index contributed by atoms with van der Waals surface area (Å²) in [6, 6.07) is 8.18. The Labute approximate surface area is 110 Å². The van der Waals surface area contributed by atoms with Crippen molar-refractivity contribution in [2.75, 3.05) is 12.4 Å². The van der Waals surface area contributed by atoms with Crippen LogP contribution in [0.15, 0.2) is 24.3 Å². The fourth-order valence-corrected chi connectivity index (χ4v) is 2.25. The van der Waals surface area contributed by atoms with E-state index in [1.54, 1.807) is 0 Å². The monoisotopic (exact) mass is 247 g/mol. The van der Waals surface area contributed by atoms with Gasteiger partial charge in [-0.25, -0.2) is 0 Å². The van der Waals surface area contributed by atoms with E-state index in [1.165, 1.54) is 0 Å². The van der Waals surface area contributed by atoms with Gasteiger partial charge in [-0.05, 0) is 44.8 Å². The predicted octanol–water partition coefficient (Wildman–Crippen LogP) is 2.42. The lowest BCUT2D eigenvalue weighted by Crippen LogP contribution is -2.44. The van der Waals surface area contributed by atoms with Crippen molar-refractivity contribution in [3.63, 3.8) is 0 Å². The Morgan fingerprint density at radius 3 is 2.17 bits per heavy atom. The van der Waals surface area contributed by atoms with Gasteiger partial charge in [-0.15, -0.1) is 0 Å². The summed E-state index contributed by atoms with van der Waals surface area (Å²) in [6.07, 6.45) is 0.936.